The molecule has 3 heterocycles. The molecule has 120 valence electrons. The van der Waals surface area contributed by atoms with Crippen LogP contribution in [0.4, 0.5) is 0 Å². The van der Waals surface area contributed by atoms with Gasteiger partial charge in [0, 0.05) is 26.0 Å². The van der Waals surface area contributed by atoms with Gasteiger partial charge in [0.1, 0.15) is 5.01 Å². The van der Waals surface area contributed by atoms with Gasteiger partial charge in [0.05, 0.1) is 22.9 Å². The summed E-state index contributed by atoms with van der Waals surface area (Å²) >= 11 is 7.32. The van der Waals surface area contributed by atoms with Gasteiger partial charge in [-0.25, -0.2) is 4.98 Å². The summed E-state index contributed by atoms with van der Waals surface area (Å²) in [7, 11) is 2.00. The Bertz CT molecular complexity index is 843. The standard InChI is InChI=1S/C17H20N4S2/c1-19-10-11-21(17(19)22)12-20-9-5-4-7-14(20)16-18-13-6-2-3-8-15(13)23-16/h2-3,6,8,10-11,14H,4-5,7,9,12H2,1H3/t14-/m0/s1. The van der Waals surface area contributed by atoms with E-state index in [1.165, 1.54) is 29.0 Å². The molecule has 0 saturated carbocycles. The smallest absolute Gasteiger partial charge is 0.180 e. The van der Waals surface area contributed by atoms with Gasteiger partial charge in [0.25, 0.3) is 0 Å². The largest absolute Gasteiger partial charge is 0.327 e. The molecule has 0 N–H and O–H groups in total. The van der Waals surface area contributed by atoms with Crippen LogP contribution in [0.15, 0.2) is 36.7 Å². The van der Waals surface area contributed by atoms with E-state index >= 15 is 0 Å². The molecule has 23 heavy (non-hydrogen) atoms. The summed E-state index contributed by atoms with van der Waals surface area (Å²) in [6, 6.07) is 8.83. The molecule has 0 unspecified atom stereocenters. The number of fused-ring (bicyclic) bond motifs is 1. The van der Waals surface area contributed by atoms with Crippen molar-refractivity contribution in [3.05, 3.63) is 46.4 Å². The molecule has 1 saturated heterocycles. The van der Waals surface area contributed by atoms with Crippen LogP contribution in [0.3, 0.4) is 0 Å². The van der Waals surface area contributed by atoms with E-state index in [0.29, 0.717) is 6.04 Å². The molecule has 4 rings (SSSR count). The number of thiazole rings is 1. The SMILES string of the molecule is Cn1ccn(CN2CCCC[C@H]2c2nc3ccccc3s2)c1=S. The number of rotatable bonds is 3. The van der Waals surface area contributed by atoms with Gasteiger partial charge in [-0.05, 0) is 37.2 Å². The van der Waals surface area contributed by atoms with Crippen LogP contribution in [0, 0.1) is 4.77 Å². The molecule has 1 atom stereocenters. The predicted molar refractivity (Wildman–Crippen MR) is 97.2 cm³/mol. The Balaban J connectivity index is 1.64. The third-order valence-corrected chi connectivity index (χ3v) is 6.22. The van der Waals surface area contributed by atoms with Crippen molar-refractivity contribution in [3.8, 4) is 0 Å². The summed E-state index contributed by atoms with van der Waals surface area (Å²) in [5.41, 5.74) is 1.12. The highest BCUT2D eigenvalue weighted by atomic mass is 32.1. The summed E-state index contributed by atoms with van der Waals surface area (Å²) in [4.78, 5) is 7.42. The van der Waals surface area contributed by atoms with Gasteiger partial charge < -0.3 is 9.13 Å². The second-order valence-electron chi connectivity index (χ2n) is 6.15. The van der Waals surface area contributed by atoms with Gasteiger partial charge >= 0.3 is 0 Å². The van der Waals surface area contributed by atoms with Crippen molar-refractivity contribution in [2.45, 2.75) is 32.0 Å². The van der Waals surface area contributed by atoms with Crippen LogP contribution in [0.1, 0.15) is 30.3 Å². The quantitative estimate of drug-likeness (QED) is 0.661. The number of hydrogen-bond acceptors (Lipinski definition) is 4. The zero-order chi connectivity index (χ0) is 15.8. The lowest BCUT2D eigenvalue weighted by Crippen LogP contribution is -2.34. The molecule has 0 amide bonds. The molecular formula is C17H20N4S2. The number of imidazole rings is 1. The fourth-order valence-corrected chi connectivity index (χ4v) is 4.60. The summed E-state index contributed by atoms with van der Waals surface area (Å²) in [5, 5.41) is 1.24. The molecule has 3 aromatic rings. The number of para-hydroxylation sites is 1. The average molecular weight is 345 g/mol. The van der Waals surface area contributed by atoms with E-state index in [0.717, 1.165) is 23.5 Å². The first-order valence-corrected chi connectivity index (χ1v) is 9.26. The van der Waals surface area contributed by atoms with Gasteiger partial charge in [-0.1, -0.05) is 18.6 Å². The van der Waals surface area contributed by atoms with Crippen LogP contribution < -0.4 is 0 Å². The minimum absolute atomic E-state index is 0.406. The average Bonchev–Trinajstić information content (AvgIpc) is 3.14. The van der Waals surface area contributed by atoms with Gasteiger partial charge in [0.15, 0.2) is 4.77 Å². The Hall–Kier alpha value is -1.50. The highest BCUT2D eigenvalue weighted by Crippen LogP contribution is 2.35. The second kappa shape index (κ2) is 6.19. The maximum Gasteiger partial charge on any atom is 0.180 e. The van der Waals surface area contributed by atoms with E-state index in [1.807, 2.05) is 29.1 Å². The number of aryl methyl sites for hydroxylation is 1. The minimum atomic E-state index is 0.406. The third kappa shape index (κ3) is 2.86. The van der Waals surface area contributed by atoms with Crippen LogP contribution >= 0.6 is 23.6 Å². The molecular weight excluding hydrogens is 324 g/mol. The van der Waals surface area contributed by atoms with E-state index in [1.54, 1.807) is 0 Å². The van der Waals surface area contributed by atoms with Crippen molar-refractivity contribution < 1.29 is 0 Å². The second-order valence-corrected chi connectivity index (χ2v) is 7.57. The minimum Gasteiger partial charge on any atom is -0.327 e. The third-order valence-electron chi connectivity index (χ3n) is 4.56. The van der Waals surface area contributed by atoms with Gasteiger partial charge in [-0.15, -0.1) is 11.3 Å². The molecule has 4 nitrogen and oxygen atoms in total. The first-order valence-electron chi connectivity index (χ1n) is 8.03. The van der Waals surface area contributed by atoms with E-state index in [4.69, 9.17) is 17.2 Å². The van der Waals surface area contributed by atoms with Crippen molar-refractivity contribution in [1.82, 2.24) is 19.0 Å². The molecule has 1 aliphatic rings. The monoisotopic (exact) mass is 344 g/mol. The van der Waals surface area contributed by atoms with E-state index < -0.39 is 0 Å². The number of benzene rings is 1. The Morgan fingerprint density at radius 1 is 1.26 bits per heavy atom. The van der Waals surface area contributed by atoms with Gasteiger partial charge in [0.2, 0.25) is 0 Å². The van der Waals surface area contributed by atoms with E-state index in [-0.39, 0.29) is 0 Å². The zero-order valence-corrected chi connectivity index (χ0v) is 14.8. The lowest BCUT2D eigenvalue weighted by Gasteiger charge is -2.34. The first-order chi connectivity index (χ1) is 11.2. The molecule has 2 aromatic heterocycles. The lowest BCUT2D eigenvalue weighted by molar-refractivity contribution is 0.109. The lowest BCUT2D eigenvalue weighted by atomic mass is 10.0. The Morgan fingerprint density at radius 3 is 2.91 bits per heavy atom. The molecule has 0 bridgehead atoms. The van der Waals surface area contributed by atoms with Crippen LogP contribution in [0.5, 0.6) is 0 Å². The molecule has 1 fully saturated rings. The number of aromatic nitrogens is 3. The van der Waals surface area contributed by atoms with Gasteiger partial charge in [-0.2, -0.15) is 0 Å². The predicted octanol–water partition coefficient (Wildman–Crippen LogP) is 4.35. The number of piperidine rings is 1. The molecule has 1 aliphatic heterocycles. The highest BCUT2D eigenvalue weighted by Gasteiger charge is 2.27. The molecule has 0 radical (unpaired) electrons. The van der Waals surface area contributed by atoms with Crippen LogP contribution in [0.2, 0.25) is 0 Å². The fourth-order valence-electron chi connectivity index (χ4n) is 3.29. The highest BCUT2D eigenvalue weighted by molar-refractivity contribution is 7.71. The van der Waals surface area contributed by atoms with Crippen molar-refractivity contribution in [3.63, 3.8) is 0 Å². The van der Waals surface area contributed by atoms with Crippen molar-refractivity contribution in [1.29, 1.82) is 0 Å². The van der Waals surface area contributed by atoms with Crippen molar-refractivity contribution >= 4 is 33.8 Å². The molecule has 1 aromatic carbocycles. The molecule has 6 heteroatoms. The summed E-state index contributed by atoms with van der Waals surface area (Å²) in [6.07, 6.45) is 7.81. The number of likely N-dealkylation sites (tertiary alicyclic amines) is 1. The molecule has 0 aliphatic carbocycles. The first kappa shape index (κ1) is 15.1. The molecule has 0 spiro atoms. The normalized spacial score (nSPS) is 19.4. The Labute approximate surface area is 145 Å². The van der Waals surface area contributed by atoms with E-state index in [2.05, 4.69) is 39.9 Å². The number of hydrogen-bond donors (Lipinski definition) is 0. The van der Waals surface area contributed by atoms with Crippen LogP contribution in [-0.4, -0.2) is 25.6 Å². The van der Waals surface area contributed by atoms with Crippen molar-refractivity contribution in [2.75, 3.05) is 6.54 Å². The Kier molecular flexibility index (Phi) is 4.05. The maximum absolute atomic E-state index is 5.49. The zero-order valence-electron chi connectivity index (χ0n) is 13.2. The Morgan fingerprint density at radius 2 is 2.13 bits per heavy atom. The maximum atomic E-state index is 5.49. The van der Waals surface area contributed by atoms with Crippen LogP contribution in [0.25, 0.3) is 10.2 Å². The fraction of sp³-hybridized carbons (Fsp3) is 0.412. The number of nitrogens with zero attached hydrogens (tertiary/aromatic N) is 4. The van der Waals surface area contributed by atoms with Crippen molar-refractivity contribution in [2.24, 2.45) is 7.05 Å². The van der Waals surface area contributed by atoms with E-state index in [9.17, 15) is 0 Å². The van der Waals surface area contributed by atoms with Gasteiger partial charge in [-0.3, -0.25) is 4.90 Å². The van der Waals surface area contributed by atoms with Crippen LogP contribution in [-0.2, 0) is 13.7 Å². The summed E-state index contributed by atoms with van der Waals surface area (Å²) in [5.74, 6) is 0. The summed E-state index contributed by atoms with van der Waals surface area (Å²) in [6.45, 7) is 1.96. The summed E-state index contributed by atoms with van der Waals surface area (Å²) < 4.78 is 6.30. The topological polar surface area (TPSA) is 26.0 Å².